The minimum atomic E-state index is -0.108. The lowest BCUT2D eigenvalue weighted by Crippen LogP contribution is -2.49. The fraction of sp³-hybridized carbons (Fsp3) is 0.722. The number of unbranched alkanes of at least 4 members (excludes halogenated alkanes) is 1. The van der Waals surface area contributed by atoms with E-state index in [-0.39, 0.29) is 23.8 Å². The Balaban J connectivity index is 1.69. The van der Waals surface area contributed by atoms with Crippen molar-refractivity contribution >= 4 is 39.1 Å². The van der Waals surface area contributed by atoms with Crippen LogP contribution in [0.3, 0.4) is 0 Å². The maximum absolute atomic E-state index is 13.1. The lowest BCUT2D eigenvalue weighted by atomic mass is 9.92. The normalized spacial score (nSPS) is 23.6. The molecule has 7 heteroatoms. The fourth-order valence-corrected chi connectivity index (χ4v) is 5.00. The zero-order valence-electron chi connectivity index (χ0n) is 14.9. The number of nitrogens with one attached hydrogen (secondary N) is 1. The average molecular weight is 428 g/mol. The van der Waals surface area contributed by atoms with E-state index in [4.69, 9.17) is 0 Å². The molecular formula is C18H26BrN3O2S. The second-order valence-electron chi connectivity index (χ2n) is 7.18. The summed E-state index contributed by atoms with van der Waals surface area (Å²) in [5, 5.41) is 3.01. The van der Waals surface area contributed by atoms with Crippen LogP contribution in [0.4, 0.5) is 0 Å². The van der Waals surface area contributed by atoms with Crippen molar-refractivity contribution in [3.63, 3.8) is 0 Å². The van der Waals surface area contributed by atoms with Crippen molar-refractivity contribution in [1.29, 1.82) is 0 Å². The topological polar surface area (TPSA) is 62.3 Å². The van der Waals surface area contributed by atoms with Gasteiger partial charge < -0.3 is 10.2 Å². The zero-order chi connectivity index (χ0) is 18.0. The molecule has 2 atom stereocenters. The van der Waals surface area contributed by atoms with Crippen LogP contribution in [0, 0.1) is 5.92 Å². The van der Waals surface area contributed by atoms with Gasteiger partial charge in [0.05, 0.1) is 5.92 Å². The summed E-state index contributed by atoms with van der Waals surface area (Å²) in [4.78, 5) is 33.0. The molecule has 1 saturated heterocycles. The number of carbonyl (C=O) groups excluding carboxylic acids is 2. The number of halogens is 1. The summed E-state index contributed by atoms with van der Waals surface area (Å²) in [5.74, 6) is 0.460. The number of nitrogens with zero attached hydrogens (tertiary/aromatic N) is 2. The summed E-state index contributed by atoms with van der Waals surface area (Å²) in [7, 11) is 0. The Morgan fingerprint density at radius 1 is 1.32 bits per heavy atom. The highest BCUT2D eigenvalue weighted by Crippen LogP contribution is 2.45. The van der Waals surface area contributed by atoms with E-state index in [1.165, 1.54) is 0 Å². The van der Waals surface area contributed by atoms with Crippen LogP contribution < -0.4 is 5.32 Å². The Morgan fingerprint density at radius 2 is 2.08 bits per heavy atom. The van der Waals surface area contributed by atoms with Crippen LogP contribution in [0.2, 0.25) is 0 Å². The fourth-order valence-electron chi connectivity index (χ4n) is 3.35. The Kier molecular flexibility index (Phi) is 6.15. The van der Waals surface area contributed by atoms with Gasteiger partial charge in [0.1, 0.15) is 5.69 Å². The molecule has 1 aromatic rings. The van der Waals surface area contributed by atoms with Gasteiger partial charge in [0.15, 0.2) is 3.92 Å². The molecule has 2 amide bonds. The van der Waals surface area contributed by atoms with Crippen molar-refractivity contribution in [3.8, 4) is 0 Å². The number of hydrogen-bond donors (Lipinski definition) is 1. The number of thiazole rings is 1. The molecule has 1 aliphatic carbocycles. The third-order valence-corrected chi connectivity index (χ3v) is 6.79. The maximum atomic E-state index is 13.1. The van der Waals surface area contributed by atoms with Crippen LogP contribution in [0.1, 0.15) is 73.7 Å². The lowest BCUT2D eigenvalue weighted by molar-refractivity contribution is -0.126. The molecule has 0 spiro atoms. The second-order valence-corrected chi connectivity index (χ2v) is 9.49. The summed E-state index contributed by atoms with van der Waals surface area (Å²) in [6.45, 7) is 5.40. The predicted molar refractivity (Wildman–Crippen MR) is 103 cm³/mol. The number of piperidine rings is 1. The van der Waals surface area contributed by atoms with Crippen LogP contribution in [0.25, 0.3) is 0 Å². The van der Waals surface area contributed by atoms with Gasteiger partial charge in [0.25, 0.3) is 5.91 Å². The van der Waals surface area contributed by atoms with Crippen LogP contribution in [-0.4, -0.2) is 40.8 Å². The highest BCUT2D eigenvalue weighted by atomic mass is 79.9. The molecule has 138 valence electrons. The first kappa shape index (κ1) is 18.8. The Bertz CT molecular complexity index is 644. The summed E-state index contributed by atoms with van der Waals surface area (Å²) in [5.41, 5.74) is 0.596. The van der Waals surface area contributed by atoms with Gasteiger partial charge in [0, 0.05) is 24.0 Å². The van der Waals surface area contributed by atoms with Gasteiger partial charge in [-0.3, -0.25) is 9.59 Å². The number of likely N-dealkylation sites (tertiary alicyclic amines) is 1. The number of aromatic nitrogens is 1. The summed E-state index contributed by atoms with van der Waals surface area (Å²) in [6, 6.07) is 0.153. The molecule has 5 nitrogen and oxygen atoms in total. The molecular weight excluding hydrogens is 402 g/mol. The largest absolute Gasteiger partial charge is 0.356 e. The molecule has 3 rings (SSSR count). The van der Waals surface area contributed by atoms with Crippen LogP contribution >= 0.6 is 27.3 Å². The van der Waals surface area contributed by atoms with Crippen molar-refractivity contribution in [2.24, 2.45) is 5.92 Å². The smallest absolute Gasteiger partial charge is 0.273 e. The molecule has 0 aromatic carbocycles. The molecule has 1 N–H and O–H groups in total. The van der Waals surface area contributed by atoms with Gasteiger partial charge in [-0.25, -0.2) is 4.98 Å². The number of hydrogen-bond acceptors (Lipinski definition) is 4. The Labute approximate surface area is 161 Å². The first-order valence-electron chi connectivity index (χ1n) is 9.26. The lowest BCUT2D eigenvalue weighted by Gasteiger charge is -2.37. The van der Waals surface area contributed by atoms with Crippen molar-refractivity contribution in [2.75, 3.05) is 13.1 Å². The minimum Gasteiger partial charge on any atom is -0.356 e. The van der Waals surface area contributed by atoms with Crippen LogP contribution in [0.5, 0.6) is 0 Å². The van der Waals surface area contributed by atoms with Crippen molar-refractivity contribution in [1.82, 2.24) is 15.2 Å². The molecule has 0 bridgehead atoms. The van der Waals surface area contributed by atoms with Crippen LogP contribution in [0.15, 0.2) is 3.92 Å². The number of carbonyl (C=O) groups is 2. The molecule has 1 aliphatic heterocycles. The predicted octanol–water partition coefficient (Wildman–Crippen LogP) is 3.94. The molecule has 0 radical (unpaired) electrons. The van der Waals surface area contributed by atoms with E-state index < -0.39 is 0 Å². The monoisotopic (exact) mass is 427 g/mol. The van der Waals surface area contributed by atoms with E-state index in [0.717, 1.165) is 53.9 Å². The van der Waals surface area contributed by atoms with Gasteiger partial charge in [-0.15, -0.1) is 11.3 Å². The van der Waals surface area contributed by atoms with E-state index in [1.54, 1.807) is 11.3 Å². The summed E-state index contributed by atoms with van der Waals surface area (Å²) in [6.07, 6.45) is 6.06. The number of amides is 2. The van der Waals surface area contributed by atoms with E-state index >= 15 is 0 Å². The number of rotatable bonds is 6. The van der Waals surface area contributed by atoms with Crippen molar-refractivity contribution in [2.45, 2.75) is 64.3 Å². The molecule has 1 aromatic heterocycles. The minimum absolute atomic E-state index is 0.0117. The third kappa shape index (κ3) is 4.42. The first-order valence-corrected chi connectivity index (χ1v) is 10.9. The zero-order valence-corrected chi connectivity index (χ0v) is 17.3. The van der Waals surface area contributed by atoms with Crippen molar-refractivity contribution < 1.29 is 9.59 Å². The quantitative estimate of drug-likeness (QED) is 0.699. The van der Waals surface area contributed by atoms with Gasteiger partial charge in [0.2, 0.25) is 5.91 Å². The SMILES string of the molecule is CCCCNC(=O)C1CCC(C)N(C(=O)c2nc(Br)sc2C2CC2)C1. The van der Waals surface area contributed by atoms with E-state index in [9.17, 15) is 9.59 Å². The van der Waals surface area contributed by atoms with E-state index in [0.29, 0.717) is 18.2 Å². The first-order chi connectivity index (χ1) is 12.0. The third-order valence-electron chi connectivity index (χ3n) is 5.12. The van der Waals surface area contributed by atoms with Gasteiger partial charge in [-0.05, 0) is 60.9 Å². The van der Waals surface area contributed by atoms with Gasteiger partial charge in [-0.1, -0.05) is 13.3 Å². The van der Waals surface area contributed by atoms with E-state index in [1.807, 2.05) is 4.90 Å². The van der Waals surface area contributed by atoms with Gasteiger partial charge >= 0.3 is 0 Å². The second kappa shape index (κ2) is 8.16. The van der Waals surface area contributed by atoms with E-state index in [2.05, 4.69) is 40.1 Å². The molecule has 2 aliphatic rings. The molecule has 25 heavy (non-hydrogen) atoms. The highest BCUT2D eigenvalue weighted by Gasteiger charge is 2.37. The highest BCUT2D eigenvalue weighted by molar-refractivity contribution is 9.11. The van der Waals surface area contributed by atoms with Crippen LogP contribution in [-0.2, 0) is 4.79 Å². The molecule has 1 saturated carbocycles. The average Bonchev–Trinajstić information content (AvgIpc) is 3.37. The summed E-state index contributed by atoms with van der Waals surface area (Å²) < 4.78 is 0.774. The Morgan fingerprint density at radius 3 is 2.76 bits per heavy atom. The molecule has 2 heterocycles. The summed E-state index contributed by atoms with van der Waals surface area (Å²) >= 11 is 5.01. The van der Waals surface area contributed by atoms with Crippen molar-refractivity contribution in [3.05, 3.63) is 14.5 Å². The molecule has 2 unspecified atom stereocenters. The standard InChI is InChI=1S/C18H26BrN3O2S/c1-3-4-9-20-16(23)13-6-5-11(2)22(10-13)17(24)14-15(12-7-8-12)25-18(19)21-14/h11-13H,3-10H2,1-2H3,(H,20,23). The maximum Gasteiger partial charge on any atom is 0.273 e. The van der Waals surface area contributed by atoms with Gasteiger partial charge in [-0.2, -0.15) is 0 Å². The molecule has 2 fully saturated rings. The Hall–Kier alpha value is -0.950.